The molecule has 0 saturated carbocycles. The quantitative estimate of drug-likeness (QED) is 0.0274. The molecule has 7 aromatic rings. The number of hydrogen-bond acceptors (Lipinski definition) is 9. The molecule has 1 aliphatic rings. The first kappa shape index (κ1) is 42.0. The van der Waals surface area contributed by atoms with E-state index in [1.165, 1.54) is 22.3 Å². The number of hydrogen-bond donors (Lipinski definition) is 1. The highest BCUT2D eigenvalue weighted by atomic mass is 32.1. The van der Waals surface area contributed by atoms with Crippen molar-refractivity contribution in [2.45, 2.75) is 26.2 Å². The van der Waals surface area contributed by atoms with Gasteiger partial charge in [0.25, 0.3) is 0 Å². The molecule has 10 heteroatoms. The van der Waals surface area contributed by atoms with Gasteiger partial charge in [-0.15, -0.1) is 24.0 Å². The van der Waals surface area contributed by atoms with Gasteiger partial charge in [0.2, 0.25) is 0 Å². The van der Waals surface area contributed by atoms with Crippen LogP contribution in [0.2, 0.25) is 0 Å². The zero-order valence-corrected chi connectivity index (χ0v) is 36.4. The number of nitrogens with zero attached hydrogens (tertiary/aromatic N) is 2. The van der Waals surface area contributed by atoms with Crippen molar-refractivity contribution in [1.29, 1.82) is 0 Å². The lowest BCUT2D eigenvalue weighted by atomic mass is 9.67. The molecule has 0 unspecified atom stereocenters. The fourth-order valence-corrected chi connectivity index (χ4v) is 8.99. The van der Waals surface area contributed by atoms with Crippen molar-refractivity contribution in [3.8, 4) is 33.2 Å². The van der Waals surface area contributed by atoms with Gasteiger partial charge in [-0.05, 0) is 126 Å². The van der Waals surface area contributed by atoms with E-state index in [9.17, 15) is 9.59 Å². The van der Waals surface area contributed by atoms with Crippen LogP contribution in [0.15, 0.2) is 163 Å². The Labute approximate surface area is 370 Å². The van der Waals surface area contributed by atoms with Crippen molar-refractivity contribution in [1.82, 2.24) is 4.98 Å². The fourth-order valence-electron chi connectivity index (χ4n) is 7.73. The molecule has 0 N–H and O–H groups in total. The van der Waals surface area contributed by atoms with E-state index in [2.05, 4.69) is 105 Å². The third kappa shape index (κ3) is 8.44. The van der Waals surface area contributed by atoms with E-state index in [1.807, 2.05) is 48.5 Å². The summed E-state index contributed by atoms with van der Waals surface area (Å²) in [5.74, 6) is 0.464. The summed E-state index contributed by atoms with van der Waals surface area (Å²) < 4.78 is 22.9. The molecule has 0 bridgehead atoms. The highest BCUT2D eigenvalue weighted by Gasteiger charge is 2.46. The van der Waals surface area contributed by atoms with Crippen LogP contribution in [0, 0.1) is 6.92 Å². The molecule has 0 atom stereocenters. The Hall–Kier alpha value is -6.75. The second-order valence-corrected chi connectivity index (χ2v) is 16.5. The summed E-state index contributed by atoms with van der Waals surface area (Å²) in [6, 6.07) is 45.9. The average molecular weight is 857 g/mol. The third-order valence-electron chi connectivity index (χ3n) is 10.7. The number of aryl methyl sites for hydroxylation is 1. The summed E-state index contributed by atoms with van der Waals surface area (Å²) >= 11 is 6.47. The number of carbonyl (C=O) groups excluding carboxylic acids is 2. The Morgan fingerprint density at radius 2 is 1.21 bits per heavy atom. The van der Waals surface area contributed by atoms with Crippen molar-refractivity contribution in [2.24, 2.45) is 4.99 Å². The lowest BCUT2D eigenvalue weighted by Crippen LogP contribution is -2.28. The lowest BCUT2D eigenvalue weighted by molar-refractivity contribution is -0.140. The van der Waals surface area contributed by atoms with Crippen molar-refractivity contribution >= 4 is 56.9 Å². The summed E-state index contributed by atoms with van der Waals surface area (Å²) in [4.78, 5) is 33.3. The molecule has 1 heterocycles. The topological polar surface area (TPSA) is 96.3 Å². The van der Waals surface area contributed by atoms with Gasteiger partial charge in [-0.1, -0.05) is 79.9 Å². The van der Waals surface area contributed by atoms with Crippen molar-refractivity contribution in [3.63, 3.8) is 0 Å². The monoisotopic (exact) mass is 856 g/mol. The number of fused-ring (bicyclic) bond motifs is 4. The summed E-state index contributed by atoms with van der Waals surface area (Å²) in [7, 11) is 0. The maximum absolute atomic E-state index is 11.7. The molecule has 310 valence electrons. The number of thiol groups is 1. The van der Waals surface area contributed by atoms with Crippen LogP contribution in [0.5, 0.6) is 11.5 Å². The molecule has 8 nitrogen and oxygen atoms in total. The molecule has 0 radical (unpaired) electrons. The van der Waals surface area contributed by atoms with Gasteiger partial charge in [0, 0.05) is 22.3 Å². The standard InChI is InChI=1S/C52H44N2O6S2/c1-32(2)50(55)59-28-26-57-39-20-14-35(15-21-39)48(61)53-45-24-18-37(30-34(45)5)52(43-12-8-6-10-41(43)42-11-7-9-13-44(42)52)38-19-25-46-47(31-38)62-49(54-46)36-16-22-40(23-17-36)58-27-29-60-51(56)33(3)4/h6-25,30-31H,1,3,26-29H2,2,4-5H3,(H,53,61). The van der Waals surface area contributed by atoms with E-state index in [1.54, 1.807) is 25.2 Å². The molecule has 0 saturated heterocycles. The van der Waals surface area contributed by atoms with Gasteiger partial charge in [0.15, 0.2) is 0 Å². The van der Waals surface area contributed by atoms with Crippen LogP contribution in [-0.4, -0.2) is 48.4 Å². The first-order valence-electron chi connectivity index (χ1n) is 20.1. The molecule has 62 heavy (non-hydrogen) atoms. The number of esters is 2. The minimum atomic E-state index is -0.612. The number of benzene rings is 6. The fraction of sp³-hybridized carbons (Fsp3) is 0.154. The van der Waals surface area contributed by atoms with Gasteiger partial charge < -0.3 is 18.9 Å². The Morgan fingerprint density at radius 3 is 1.77 bits per heavy atom. The zero-order chi connectivity index (χ0) is 43.4. The highest BCUT2D eigenvalue weighted by Crippen LogP contribution is 2.56. The van der Waals surface area contributed by atoms with Gasteiger partial charge in [0.05, 0.1) is 21.3 Å². The summed E-state index contributed by atoms with van der Waals surface area (Å²) in [5, 5.41) is 1.48. The average Bonchev–Trinajstić information content (AvgIpc) is 3.85. The maximum Gasteiger partial charge on any atom is 0.333 e. The SMILES string of the molecule is C=C(C)C(=O)OCCOc1ccc(/C(S)=N/c2ccc(C3(c4ccc5nc(-c6ccc(OCCOC(=O)C(=C)C)cc6)sc5c4)c4ccccc4-c4ccccc43)cc2C)cc1. The van der Waals surface area contributed by atoms with Crippen LogP contribution in [0.3, 0.4) is 0 Å². The van der Waals surface area contributed by atoms with E-state index in [-0.39, 0.29) is 26.4 Å². The molecular formula is C52H44N2O6S2. The number of rotatable bonds is 15. The van der Waals surface area contributed by atoms with Crippen molar-refractivity contribution in [2.75, 3.05) is 26.4 Å². The van der Waals surface area contributed by atoms with E-state index < -0.39 is 17.4 Å². The van der Waals surface area contributed by atoms with Gasteiger partial charge in [-0.2, -0.15) is 0 Å². The normalized spacial score (nSPS) is 12.6. The summed E-state index contributed by atoms with van der Waals surface area (Å²) in [6.07, 6.45) is 0. The van der Waals surface area contributed by atoms with E-state index >= 15 is 0 Å². The minimum absolute atomic E-state index is 0.134. The molecule has 0 amide bonds. The molecule has 0 aliphatic heterocycles. The molecule has 6 aromatic carbocycles. The highest BCUT2D eigenvalue weighted by molar-refractivity contribution is 7.97. The van der Waals surface area contributed by atoms with E-state index in [0.29, 0.717) is 27.7 Å². The molecule has 8 rings (SSSR count). The largest absolute Gasteiger partial charge is 0.490 e. The van der Waals surface area contributed by atoms with Gasteiger partial charge in [-0.25, -0.2) is 19.6 Å². The van der Waals surface area contributed by atoms with Crippen molar-refractivity contribution < 1.29 is 28.5 Å². The zero-order valence-electron chi connectivity index (χ0n) is 34.6. The van der Waals surface area contributed by atoms with E-state index in [0.717, 1.165) is 48.7 Å². The Kier molecular flexibility index (Phi) is 12.2. The first-order valence-corrected chi connectivity index (χ1v) is 21.4. The second kappa shape index (κ2) is 18.1. The molecule has 0 fully saturated rings. The van der Waals surface area contributed by atoms with E-state index in [4.69, 9.17) is 41.6 Å². The Bertz CT molecular complexity index is 2830. The molecular weight excluding hydrogens is 813 g/mol. The van der Waals surface area contributed by atoms with Crippen LogP contribution < -0.4 is 9.47 Å². The van der Waals surface area contributed by atoms with Crippen LogP contribution in [0.4, 0.5) is 5.69 Å². The van der Waals surface area contributed by atoms with Crippen LogP contribution in [0.25, 0.3) is 31.9 Å². The van der Waals surface area contributed by atoms with Gasteiger partial charge in [0.1, 0.15) is 48.0 Å². The number of thiazole rings is 1. The van der Waals surface area contributed by atoms with Crippen LogP contribution in [-0.2, 0) is 24.5 Å². The molecule has 1 aromatic heterocycles. The number of aliphatic imine (C=N–C) groups is 1. The number of ether oxygens (including phenoxy) is 4. The third-order valence-corrected chi connectivity index (χ3v) is 12.1. The Morgan fingerprint density at radius 1 is 0.677 bits per heavy atom. The summed E-state index contributed by atoms with van der Waals surface area (Å²) in [5.41, 5.74) is 11.8. The number of aromatic nitrogens is 1. The van der Waals surface area contributed by atoms with Crippen molar-refractivity contribution in [3.05, 3.63) is 191 Å². The minimum Gasteiger partial charge on any atom is -0.490 e. The first-order chi connectivity index (χ1) is 30.0. The predicted octanol–water partition coefficient (Wildman–Crippen LogP) is 11.6. The van der Waals surface area contributed by atoms with Crippen LogP contribution >= 0.6 is 24.0 Å². The second-order valence-electron chi connectivity index (χ2n) is 15.1. The smallest absolute Gasteiger partial charge is 0.333 e. The van der Waals surface area contributed by atoms with Crippen LogP contribution in [0.1, 0.15) is 47.2 Å². The lowest BCUT2D eigenvalue weighted by Gasteiger charge is -2.34. The molecule has 0 spiro atoms. The van der Waals surface area contributed by atoms with Gasteiger partial charge in [-0.3, -0.25) is 0 Å². The van der Waals surface area contributed by atoms with Gasteiger partial charge >= 0.3 is 11.9 Å². The molecule has 1 aliphatic carbocycles. The number of carbonyl (C=O) groups is 2. The predicted molar refractivity (Wildman–Crippen MR) is 251 cm³/mol. The maximum atomic E-state index is 11.7. The summed E-state index contributed by atoms with van der Waals surface area (Å²) in [6.45, 7) is 13.3. The Balaban J connectivity index is 1.09.